The predicted octanol–water partition coefficient (Wildman–Crippen LogP) is 4.26. The first-order valence-electron chi connectivity index (χ1n) is 7.22. The highest BCUT2D eigenvalue weighted by Gasteiger charge is 2.08. The number of hydrogen-bond donors (Lipinski definition) is 2. The summed E-state index contributed by atoms with van der Waals surface area (Å²) in [4.78, 5) is 12.3. The number of nitrogens with zero attached hydrogens (tertiary/aromatic N) is 2. The van der Waals surface area contributed by atoms with Crippen LogP contribution in [0.25, 0.3) is 10.8 Å². The van der Waals surface area contributed by atoms with Crippen molar-refractivity contribution in [2.24, 2.45) is 4.99 Å². The Balaban J connectivity index is 0.00000208. The molecule has 0 aromatic carbocycles. The molecule has 3 aromatic heterocycles. The van der Waals surface area contributed by atoms with Crippen molar-refractivity contribution in [3.05, 3.63) is 51.4 Å². The molecule has 2 N–H and O–H groups in total. The zero-order valence-electron chi connectivity index (χ0n) is 13.4. The molecule has 0 saturated carbocycles. The molecule has 5 nitrogen and oxygen atoms in total. The molecule has 8 heteroatoms. The molecule has 0 fully saturated rings. The summed E-state index contributed by atoms with van der Waals surface area (Å²) in [5.74, 6) is 1.41. The number of hydrogen-bond acceptors (Lipinski definition) is 5. The molecule has 3 rings (SSSR count). The molecule has 0 aliphatic rings. The second-order valence-corrected chi connectivity index (χ2v) is 7.23. The summed E-state index contributed by atoms with van der Waals surface area (Å²) < 4.78 is 5.51. The van der Waals surface area contributed by atoms with Crippen LogP contribution in [-0.2, 0) is 13.1 Å². The predicted molar refractivity (Wildman–Crippen MR) is 111 cm³/mol. The highest BCUT2D eigenvalue weighted by Crippen LogP contribution is 2.23. The number of aromatic nitrogens is 1. The van der Waals surface area contributed by atoms with E-state index in [-0.39, 0.29) is 24.0 Å². The smallest absolute Gasteiger partial charge is 0.236 e. The highest BCUT2D eigenvalue weighted by atomic mass is 127. The molecule has 0 aliphatic carbocycles. The van der Waals surface area contributed by atoms with Gasteiger partial charge in [0.25, 0.3) is 0 Å². The maximum absolute atomic E-state index is 5.51. The maximum Gasteiger partial charge on any atom is 0.236 e. The molecule has 0 unspecified atom stereocenters. The van der Waals surface area contributed by atoms with Gasteiger partial charge in [0, 0.05) is 16.8 Å². The fourth-order valence-electron chi connectivity index (χ4n) is 2.05. The number of thiophene rings is 2. The zero-order chi connectivity index (χ0) is 16.1. The molecule has 3 heterocycles. The van der Waals surface area contributed by atoms with Crippen LogP contribution in [0.1, 0.15) is 15.4 Å². The summed E-state index contributed by atoms with van der Waals surface area (Å²) in [6.45, 7) is 3.44. The Labute approximate surface area is 166 Å². The van der Waals surface area contributed by atoms with E-state index in [1.807, 2.05) is 17.5 Å². The molecule has 0 aliphatic heterocycles. The number of rotatable bonds is 5. The van der Waals surface area contributed by atoms with Crippen LogP contribution in [0.15, 0.2) is 45.3 Å². The Morgan fingerprint density at radius 2 is 2.08 bits per heavy atom. The third kappa shape index (κ3) is 5.05. The Bertz CT molecular complexity index is 780. The average Bonchev–Trinajstić information content (AvgIpc) is 3.28. The summed E-state index contributed by atoms with van der Waals surface area (Å²) in [6.07, 6.45) is 1.68. The van der Waals surface area contributed by atoms with E-state index in [1.165, 1.54) is 9.75 Å². The van der Waals surface area contributed by atoms with Gasteiger partial charge in [0.2, 0.25) is 5.89 Å². The number of oxazole rings is 1. The van der Waals surface area contributed by atoms with Gasteiger partial charge in [-0.15, -0.1) is 46.7 Å². The van der Waals surface area contributed by atoms with Crippen molar-refractivity contribution in [3.8, 4) is 10.8 Å². The van der Waals surface area contributed by atoms with Crippen LogP contribution in [0.4, 0.5) is 0 Å². The van der Waals surface area contributed by atoms with Crippen molar-refractivity contribution < 1.29 is 4.42 Å². The third-order valence-electron chi connectivity index (χ3n) is 3.17. The Kier molecular flexibility index (Phi) is 7.25. The molecule has 0 atom stereocenters. The molecule has 0 spiro atoms. The SMILES string of the molecule is CN=C(NCc1coc(-c2cccs2)n1)NCc1ccc(C)s1.I. The van der Waals surface area contributed by atoms with E-state index in [9.17, 15) is 0 Å². The summed E-state index contributed by atoms with van der Waals surface area (Å²) in [5, 5.41) is 8.55. The van der Waals surface area contributed by atoms with Crippen LogP contribution >= 0.6 is 46.7 Å². The van der Waals surface area contributed by atoms with Gasteiger partial charge in [-0.05, 0) is 30.5 Å². The lowest BCUT2D eigenvalue weighted by molar-refractivity contribution is 0.573. The average molecular weight is 474 g/mol. The second-order valence-electron chi connectivity index (χ2n) is 4.91. The summed E-state index contributed by atoms with van der Waals surface area (Å²) in [7, 11) is 1.76. The minimum absolute atomic E-state index is 0. The lowest BCUT2D eigenvalue weighted by atomic mass is 10.4. The van der Waals surface area contributed by atoms with E-state index >= 15 is 0 Å². The van der Waals surface area contributed by atoms with Gasteiger partial charge in [0.15, 0.2) is 5.96 Å². The number of guanidine groups is 1. The molecule has 0 bridgehead atoms. The maximum atomic E-state index is 5.51. The normalized spacial score (nSPS) is 11.2. The largest absolute Gasteiger partial charge is 0.443 e. The lowest BCUT2D eigenvalue weighted by Crippen LogP contribution is -2.36. The van der Waals surface area contributed by atoms with Crippen LogP contribution in [0.2, 0.25) is 0 Å². The Morgan fingerprint density at radius 3 is 2.75 bits per heavy atom. The molecule has 0 saturated heterocycles. The first-order valence-corrected chi connectivity index (χ1v) is 8.92. The molecule has 0 radical (unpaired) electrons. The van der Waals surface area contributed by atoms with Crippen molar-refractivity contribution in [3.63, 3.8) is 0 Å². The fraction of sp³-hybridized carbons (Fsp3) is 0.250. The number of halogens is 1. The van der Waals surface area contributed by atoms with Gasteiger partial charge in [-0.1, -0.05) is 6.07 Å². The topological polar surface area (TPSA) is 62.5 Å². The fourth-order valence-corrected chi connectivity index (χ4v) is 3.53. The van der Waals surface area contributed by atoms with Gasteiger partial charge in [-0.2, -0.15) is 0 Å². The molecule has 24 heavy (non-hydrogen) atoms. The monoisotopic (exact) mass is 474 g/mol. The van der Waals surface area contributed by atoms with Crippen molar-refractivity contribution in [1.82, 2.24) is 15.6 Å². The van der Waals surface area contributed by atoms with E-state index < -0.39 is 0 Å². The quantitative estimate of drug-likeness (QED) is 0.330. The summed E-state index contributed by atoms with van der Waals surface area (Å²) >= 11 is 3.40. The zero-order valence-corrected chi connectivity index (χ0v) is 17.4. The van der Waals surface area contributed by atoms with Crippen LogP contribution in [0.5, 0.6) is 0 Å². The van der Waals surface area contributed by atoms with E-state index in [4.69, 9.17) is 4.42 Å². The first-order chi connectivity index (χ1) is 11.2. The van der Waals surface area contributed by atoms with Gasteiger partial charge in [-0.3, -0.25) is 4.99 Å². The van der Waals surface area contributed by atoms with Gasteiger partial charge >= 0.3 is 0 Å². The van der Waals surface area contributed by atoms with E-state index in [0.29, 0.717) is 12.4 Å². The van der Waals surface area contributed by atoms with Gasteiger partial charge in [0.05, 0.1) is 23.7 Å². The number of aryl methyl sites for hydroxylation is 1. The van der Waals surface area contributed by atoms with Crippen molar-refractivity contribution in [1.29, 1.82) is 0 Å². The number of aliphatic imine (C=N–C) groups is 1. The molecule has 0 amide bonds. The number of nitrogens with one attached hydrogen (secondary N) is 2. The van der Waals surface area contributed by atoms with Crippen LogP contribution in [0, 0.1) is 6.92 Å². The van der Waals surface area contributed by atoms with Crippen molar-refractivity contribution in [2.75, 3.05) is 7.05 Å². The minimum Gasteiger partial charge on any atom is -0.443 e. The highest BCUT2D eigenvalue weighted by molar-refractivity contribution is 14.0. The van der Waals surface area contributed by atoms with E-state index in [1.54, 1.807) is 36.0 Å². The lowest BCUT2D eigenvalue weighted by Gasteiger charge is -2.09. The van der Waals surface area contributed by atoms with Gasteiger partial charge in [0.1, 0.15) is 6.26 Å². The first kappa shape index (κ1) is 18.9. The van der Waals surface area contributed by atoms with Crippen molar-refractivity contribution in [2.45, 2.75) is 20.0 Å². The van der Waals surface area contributed by atoms with Crippen LogP contribution < -0.4 is 10.6 Å². The minimum atomic E-state index is 0. The van der Waals surface area contributed by atoms with Crippen LogP contribution in [0.3, 0.4) is 0 Å². The Morgan fingerprint density at radius 1 is 1.25 bits per heavy atom. The summed E-state index contributed by atoms with van der Waals surface area (Å²) in [5.41, 5.74) is 0.850. The van der Waals surface area contributed by atoms with Crippen molar-refractivity contribution >= 4 is 52.6 Å². The second kappa shape index (κ2) is 9.19. The molecular weight excluding hydrogens is 455 g/mol. The van der Waals surface area contributed by atoms with E-state index in [0.717, 1.165) is 23.1 Å². The van der Waals surface area contributed by atoms with Gasteiger partial charge < -0.3 is 15.1 Å². The third-order valence-corrected chi connectivity index (χ3v) is 5.03. The Hall–Kier alpha value is -1.39. The molecule has 128 valence electrons. The van der Waals surface area contributed by atoms with Gasteiger partial charge in [-0.25, -0.2) is 4.98 Å². The van der Waals surface area contributed by atoms with E-state index in [2.05, 4.69) is 39.7 Å². The molecular formula is C16H19IN4OS2. The summed E-state index contributed by atoms with van der Waals surface area (Å²) in [6, 6.07) is 8.24. The molecule has 3 aromatic rings. The van der Waals surface area contributed by atoms with Crippen LogP contribution in [-0.4, -0.2) is 18.0 Å². The standard InChI is InChI=1S/C16H18N4OS2.HI/c1-11-5-6-13(23-11)9-19-16(17-2)18-8-12-10-21-15(20-12)14-4-3-7-22-14;/h3-7,10H,8-9H2,1-2H3,(H2,17,18,19);1H.